The molecule has 2 bridgehead atoms. The Kier molecular flexibility index (Phi) is 2.76. The van der Waals surface area contributed by atoms with E-state index in [4.69, 9.17) is 10.00 Å². The second-order valence-electron chi connectivity index (χ2n) is 4.60. The number of fused-ring (bicyclic) bond motifs is 2. The summed E-state index contributed by atoms with van der Waals surface area (Å²) in [6.07, 6.45) is 6.43. The molecule has 0 aromatic rings. The van der Waals surface area contributed by atoms with Gasteiger partial charge in [0.1, 0.15) is 0 Å². The Labute approximate surface area is 84.7 Å². The number of aliphatic hydroxyl groups is 1. The molecule has 2 atom stereocenters. The zero-order valence-electron chi connectivity index (χ0n) is 8.41. The molecule has 2 aliphatic rings. The van der Waals surface area contributed by atoms with Gasteiger partial charge >= 0.3 is 0 Å². The normalized spacial score (nSPS) is 40.9. The Morgan fingerprint density at radius 1 is 1.36 bits per heavy atom. The number of nitriles is 1. The molecule has 78 valence electrons. The first-order valence-electron chi connectivity index (χ1n) is 5.47. The fourth-order valence-electron chi connectivity index (χ4n) is 2.71. The first-order valence-corrected chi connectivity index (χ1v) is 5.47. The maximum atomic E-state index is 10.3. The minimum atomic E-state index is -0.541. The van der Waals surface area contributed by atoms with Crippen LogP contribution in [0.3, 0.4) is 0 Å². The highest BCUT2D eigenvalue weighted by molar-refractivity contribution is 4.94. The lowest BCUT2D eigenvalue weighted by Gasteiger charge is -2.36. The van der Waals surface area contributed by atoms with Crippen LogP contribution in [0.2, 0.25) is 0 Å². The van der Waals surface area contributed by atoms with E-state index in [0.29, 0.717) is 6.42 Å². The number of unbranched alkanes of at least 4 members (excludes halogenated alkanes) is 1. The number of hydrogen-bond donors (Lipinski definition) is 1. The minimum absolute atomic E-state index is 0.279. The van der Waals surface area contributed by atoms with Crippen molar-refractivity contribution < 1.29 is 9.84 Å². The lowest BCUT2D eigenvalue weighted by atomic mass is 9.85. The van der Waals surface area contributed by atoms with Crippen molar-refractivity contribution in [2.24, 2.45) is 0 Å². The van der Waals surface area contributed by atoms with Crippen LogP contribution in [0.25, 0.3) is 0 Å². The van der Waals surface area contributed by atoms with Crippen molar-refractivity contribution in [1.29, 1.82) is 5.26 Å². The van der Waals surface area contributed by atoms with Crippen LogP contribution in [0.15, 0.2) is 0 Å². The molecule has 0 radical (unpaired) electrons. The van der Waals surface area contributed by atoms with E-state index in [1.54, 1.807) is 0 Å². The monoisotopic (exact) mass is 195 g/mol. The van der Waals surface area contributed by atoms with E-state index in [2.05, 4.69) is 6.07 Å². The Morgan fingerprint density at radius 3 is 2.57 bits per heavy atom. The van der Waals surface area contributed by atoms with Crippen LogP contribution < -0.4 is 0 Å². The SMILES string of the molecule is N#CCCCC1(O)CC2CCC(C1)O2. The quantitative estimate of drug-likeness (QED) is 0.698. The van der Waals surface area contributed by atoms with Crippen LogP contribution in [-0.4, -0.2) is 22.9 Å². The maximum absolute atomic E-state index is 10.3. The Balaban J connectivity index is 1.86. The second-order valence-corrected chi connectivity index (χ2v) is 4.60. The van der Waals surface area contributed by atoms with Gasteiger partial charge in [0, 0.05) is 19.3 Å². The molecular formula is C11H17NO2. The summed E-state index contributed by atoms with van der Waals surface area (Å²) < 4.78 is 5.67. The van der Waals surface area contributed by atoms with E-state index in [1.807, 2.05) is 0 Å². The fraction of sp³-hybridized carbons (Fsp3) is 0.909. The zero-order chi connectivity index (χ0) is 10.0. The van der Waals surface area contributed by atoms with Gasteiger partial charge in [-0.2, -0.15) is 5.26 Å². The van der Waals surface area contributed by atoms with E-state index >= 15 is 0 Å². The van der Waals surface area contributed by atoms with Crippen LogP contribution in [0.1, 0.15) is 44.9 Å². The molecule has 0 aromatic heterocycles. The summed E-state index contributed by atoms with van der Waals surface area (Å²) in [7, 11) is 0. The molecule has 0 aromatic carbocycles. The van der Waals surface area contributed by atoms with Crippen LogP contribution >= 0.6 is 0 Å². The van der Waals surface area contributed by atoms with Gasteiger partial charge in [-0.3, -0.25) is 0 Å². The predicted molar refractivity (Wildman–Crippen MR) is 51.5 cm³/mol. The zero-order valence-corrected chi connectivity index (χ0v) is 8.41. The molecule has 0 spiro atoms. The lowest BCUT2D eigenvalue weighted by molar-refractivity contribution is -0.114. The molecular weight excluding hydrogens is 178 g/mol. The summed E-state index contributed by atoms with van der Waals surface area (Å²) in [5.74, 6) is 0. The molecule has 14 heavy (non-hydrogen) atoms. The fourth-order valence-corrected chi connectivity index (χ4v) is 2.71. The van der Waals surface area contributed by atoms with E-state index < -0.39 is 5.60 Å². The van der Waals surface area contributed by atoms with Crippen LogP contribution in [0.4, 0.5) is 0 Å². The van der Waals surface area contributed by atoms with Gasteiger partial charge in [-0.1, -0.05) is 0 Å². The standard InChI is InChI=1S/C11H17NO2/c12-6-2-1-5-11(13)7-9-3-4-10(8-11)14-9/h9-10,13H,1-5,7-8H2. The van der Waals surface area contributed by atoms with Gasteiger partial charge in [-0.25, -0.2) is 0 Å². The average Bonchev–Trinajstić information content (AvgIpc) is 2.46. The van der Waals surface area contributed by atoms with E-state index in [-0.39, 0.29) is 12.2 Å². The lowest BCUT2D eigenvalue weighted by Crippen LogP contribution is -2.40. The molecule has 2 unspecified atom stereocenters. The summed E-state index contributed by atoms with van der Waals surface area (Å²) in [5.41, 5.74) is -0.541. The van der Waals surface area contributed by atoms with Crippen molar-refractivity contribution in [2.75, 3.05) is 0 Å². The van der Waals surface area contributed by atoms with Crippen molar-refractivity contribution in [3.8, 4) is 6.07 Å². The Bertz CT molecular complexity index is 234. The number of rotatable bonds is 3. The van der Waals surface area contributed by atoms with Crippen molar-refractivity contribution in [3.63, 3.8) is 0 Å². The van der Waals surface area contributed by atoms with Gasteiger partial charge < -0.3 is 9.84 Å². The topological polar surface area (TPSA) is 53.2 Å². The van der Waals surface area contributed by atoms with Crippen LogP contribution in [0.5, 0.6) is 0 Å². The first kappa shape index (κ1) is 9.95. The second kappa shape index (κ2) is 3.88. The molecule has 0 aliphatic carbocycles. The third-order valence-corrected chi connectivity index (χ3v) is 3.34. The van der Waals surface area contributed by atoms with Crippen molar-refractivity contribution >= 4 is 0 Å². The van der Waals surface area contributed by atoms with Crippen LogP contribution in [0, 0.1) is 11.3 Å². The highest BCUT2D eigenvalue weighted by atomic mass is 16.5. The molecule has 2 heterocycles. The van der Waals surface area contributed by atoms with Crippen molar-refractivity contribution in [2.45, 2.75) is 62.8 Å². The van der Waals surface area contributed by atoms with Crippen molar-refractivity contribution in [1.82, 2.24) is 0 Å². The first-order chi connectivity index (χ1) is 6.72. The van der Waals surface area contributed by atoms with Gasteiger partial charge in [0.25, 0.3) is 0 Å². The number of nitrogens with zero attached hydrogens (tertiary/aromatic N) is 1. The minimum Gasteiger partial charge on any atom is -0.390 e. The summed E-state index contributed by atoms with van der Waals surface area (Å²) in [4.78, 5) is 0. The molecule has 2 rings (SSSR count). The Morgan fingerprint density at radius 2 is 2.00 bits per heavy atom. The smallest absolute Gasteiger partial charge is 0.0697 e. The van der Waals surface area contributed by atoms with Gasteiger partial charge in [0.15, 0.2) is 0 Å². The third-order valence-electron chi connectivity index (χ3n) is 3.34. The molecule has 2 fully saturated rings. The Hall–Kier alpha value is -0.590. The molecule has 3 nitrogen and oxygen atoms in total. The summed E-state index contributed by atoms with van der Waals surface area (Å²) >= 11 is 0. The highest BCUT2D eigenvalue weighted by Crippen LogP contribution is 2.40. The summed E-state index contributed by atoms with van der Waals surface area (Å²) in [6.45, 7) is 0. The third kappa shape index (κ3) is 2.08. The van der Waals surface area contributed by atoms with Crippen molar-refractivity contribution in [3.05, 3.63) is 0 Å². The predicted octanol–water partition coefficient (Wildman–Crippen LogP) is 1.75. The van der Waals surface area contributed by atoms with Gasteiger partial charge in [0.05, 0.1) is 23.9 Å². The molecule has 2 aliphatic heterocycles. The summed E-state index contributed by atoms with van der Waals surface area (Å²) in [5, 5.41) is 18.7. The van der Waals surface area contributed by atoms with Crippen LogP contribution in [-0.2, 0) is 4.74 Å². The summed E-state index contributed by atoms with van der Waals surface area (Å²) in [6, 6.07) is 2.12. The highest BCUT2D eigenvalue weighted by Gasteiger charge is 2.42. The molecule has 2 saturated heterocycles. The maximum Gasteiger partial charge on any atom is 0.0697 e. The largest absolute Gasteiger partial charge is 0.390 e. The molecule has 0 amide bonds. The average molecular weight is 195 g/mol. The van der Waals surface area contributed by atoms with Gasteiger partial charge in [-0.05, 0) is 25.7 Å². The number of hydrogen-bond acceptors (Lipinski definition) is 3. The van der Waals surface area contributed by atoms with Gasteiger partial charge in [-0.15, -0.1) is 0 Å². The molecule has 1 N–H and O–H groups in total. The van der Waals surface area contributed by atoms with E-state index in [0.717, 1.165) is 38.5 Å². The number of ether oxygens (including phenoxy) is 1. The van der Waals surface area contributed by atoms with Gasteiger partial charge in [0.2, 0.25) is 0 Å². The van der Waals surface area contributed by atoms with E-state index in [9.17, 15) is 5.11 Å². The molecule has 0 saturated carbocycles. The van der Waals surface area contributed by atoms with E-state index in [1.165, 1.54) is 0 Å². The molecule has 3 heteroatoms.